The lowest BCUT2D eigenvalue weighted by atomic mass is 9.84. The maximum absolute atomic E-state index is 14.0. The van der Waals surface area contributed by atoms with Gasteiger partial charge in [0.05, 0.1) is 18.8 Å². The topological polar surface area (TPSA) is 324 Å². The Balaban J connectivity index is 3.51. The molecule has 0 aromatic heterocycles. The zero-order chi connectivity index (χ0) is 43.6. The number of carbonyl (C=O) groups excluding carboxylic acids is 6. The number of aliphatic carboxylic acids is 4. The zero-order valence-electron chi connectivity index (χ0n) is 32.9. The van der Waals surface area contributed by atoms with Gasteiger partial charge in [0.15, 0.2) is 0 Å². The van der Waals surface area contributed by atoms with E-state index in [1.54, 1.807) is 27.7 Å². The molecule has 0 aromatic carbocycles. The Kier molecular flexibility index (Phi) is 21.6. The predicted molar refractivity (Wildman–Crippen MR) is 204 cm³/mol. The van der Waals surface area contributed by atoms with Crippen molar-refractivity contribution in [2.45, 2.75) is 135 Å². The van der Waals surface area contributed by atoms with Gasteiger partial charge in [0.25, 0.3) is 0 Å². The second-order valence-corrected chi connectivity index (χ2v) is 15.2. The number of carboxylic acid groups (broad SMARTS) is 4. The van der Waals surface area contributed by atoms with Crippen molar-refractivity contribution in [2.75, 3.05) is 5.75 Å². The maximum atomic E-state index is 14.0. The average Bonchev–Trinajstić information content (AvgIpc) is 3.12. The van der Waals surface area contributed by atoms with Gasteiger partial charge < -0.3 is 52.3 Å². The fourth-order valence-electron chi connectivity index (χ4n) is 6.40. The SMILES string of the molecule is CCC(C)C(NC(=O)C(CC(C)C)NC(=O)C(NC(=O)C(CC(=O)O)NC(C)=O)C(CC(=O)O)C(=O)O)C(=O)NC(CC1CCCCC1)C(=O)NC(CS)C(=O)O. The normalized spacial score (nSPS) is 17.2. The van der Waals surface area contributed by atoms with Gasteiger partial charge in [0.2, 0.25) is 35.4 Å². The van der Waals surface area contributed by atoms with E-state index >= 15 is 0 Å². The van der Waals surface area contributed by atoms with E-state index in [1.165, 1.54) is 0 Å². The first kappa shape index (κ1) is 50.1. The Morgan fingerprint density at radius 2 is 1.09 bits per heavy atom. The standard InChI is InChI=1S/C36H58N6O14S/c1-6-18(4)28(33(51)39-23(13-20-10-8-7-9-11-20)30(48)40-25(16-57)36(55)56)41-31(49)22(12-17(2)3)38-34(52)29(21(35(53)54)14-26(44)45)42-32(50)24(15-27(46)47)37-19(5)43/h17-18,20-25,28-29,57H,6-16H2,1-5H3,(H,37,43)(H,38,52)(H,39,51)(H,40,48)(H,41,49)(H,42,50)(H,44,45)(H,46,47)(H,53,54)(H,55,56). The zero-order valence-corrected chi connectivity index (χ0v) is 33.8. The number of carboxylic acids is 4. The molecular weight excluding hydrogens is 772 g/mol. The summed E-state index contributed by atoms with van der Waals surface area (Å²) >= 11 is 4.00. The molecule has 8 unspecified atom stereocenters. The number of amides is 6. The van der Waals surface area contributed by atoms with E-state index in [-0.39, 0.29) is 30.4 Å². The van der Waals surface area contributed by atoms with Gasteiger partial charge in [-0.2, -0.15) is 12.6 Å². The van der Waals surface area contributed by atoms with E-state index in [0.29, 0.717) is 6.42 Å². The summed E-state index contributed by atoms with van der Waals surface area (Å²) in [7, 11) is 0. The highest BCUT2D eigenvalue weighted by atomic mass is 32.1. The summed E-state index contributed by atoms with van der Waals surface area (Å²) in [4.78, 5) is 127. The summed E-state index contributed by atoms with van der Waals surface area (Å²) in [5.41, 5.74) is 0. The second-order valence-electron chi connectivity index (χ2n) is 14.8. The van der Waals surface area contributed by atoms with E-state index in [2.05, 4.69) is 39.2 Å². The van der Waals surface area contributed by atoms with Crippen molar-refractivity contribution in [3.63, 3.8) is 0 Å². The third-order valence-electron chi connectivity index (χ3n) is 9.62. The van der Waals surface area contributed by atoms with E-state index in [0.717, 1.165) is 39.0 Å². The molecule has 21 heteroatoms. The number of carbonyl (C=O) groups is 10. The van der Waals surface area contributed by atoms with Gasteiger partial charge >= 0.3 is 23.9 Å². The van der Waals surface area contributed by atoms with Crippen LogP contribution >= 0.6 is 12.6 Å². The van der Waals surface area contributed by atoms with Crippen LogP contribution in [-0.2, 0) is 47.9 Å². The quantitative estimate of drug-likeness (QED) is 0.0524. The van der Waals surface area contributed by atoms with Crippen LogP contribution in [-0.4, -0.2) is 122 Å². The van der Waals surface area contributed by atoms with E-state index < -0.39 is 120 Å². The number of nitrogens with one attached hydrogen (secondary N) is 6. The lowest BCUT2D eigenvalue weighted by Crippen LogP contribution is -2.62. The highest BCUT2D eigenvalue weighted by Crippen LogP contribution is 2.27. The second kappa shape index (κ2) is 24.6. The van der Waals surface area contributed by atoms with E-state index in [1.807, 2.05) is 5.32 Å². The molecule has 0 saturated heterocycles. The fourth-order valence-corrected chi connectivity index (χ4v) is 6.64. The summed E-state index contributed by atoms with van der Waals surface area (Å²) in [5.74, 6) is -15.5. The molecule has 1 aliphatic rings. The first-order valence-electron chi connectivity index (χ1n) is 18.9. The summed E-state index contributed by atoms with van der Waals surface area (Å²) in [6.07, 6.45) is 2.71. The molecule has 1 rings (SSSR count). The predicted octanol–water partition coefficient (Wildman–Crippen LogP) is -0.358. The average molecular weight is 831 g/mol. The van der Waals surface area contributed by atoms with Gasteiger partial charge in [-0.3, -0.25) is 43.2 Å². The minimum Gasteiger partial charge on any atom is -0.481 e. The van der Waals surface area contributed by atoms with E-state index in [9.17, 15) is 68.4 Å². The Labute approximate surface area is 336 Å². The minimum absolute atomic E-state index is 0.0539. The van der Waals surface area contributed by atoms with Crippen molar-refractivity contribution in [3.05, 3.63) is 0 Å². The molecule has 10 N–H and O–H groups in total. The van der Waals surface area contributed by atoms with Crippen LogP contribution in [0.3, 0.4) is 0 Å². The summed E-state index contributed by atoms with van der Waals surface area (Å²) < 4.78 is 0. The molecule has 1 aliphatic carbocycles. The molecule has 0 aliphatic heterocycles. The summed E-state index contributed by atoms with van der Waals surface area (Å²) in [6.45, 7) is 7.73. The molecule has 0 radical (unpaired) electrons. The Bertz CT molecular complexity index is 1460. The molecular formula is C36H58N6O14S. The Morgan fingerprint density at radius 1 is 0.596 bits per heavy atom. The third kappa shape index (κ3) is 17.8. The van der Waals surface area contributed by atoms with Gasteiger partial charge in [-0.05, 0) is 30.6 Å². The van der Waals surface area contributed by atoms with Crippen molar-refractivity contribution in [1.29, 1.82) is 0 Å². The van der Waals surface area contributed by atoms with E-state index in [4.69, 9.17) is 0 Å². The van der Waals surface area contributed by atoms with Gasteiger partial charge in [-0.25, -0.2) is 4.79 Å². The molecule has 1 fully saturated rings. The van der Waals surface area contributed by atoms with Crippen LogP contribution in [0, 0.1) is 23.7 Å². The summed E-state index contributed by atoms with van der Waals surface area (Å²) in [6, 6.07) is -9.32. The van der Waals surface area contributed by atoms with Crippen molar-refractivity contribution in [2.24, 2.45) is 23.7 Å². The van der Waals surface area contributed by atoms with Crippen LogP contribution in [0.25, 0.3) is 0 Å². The van der Waals surface area contributed by atoms with Crippen LogP contribution in [0.5, 0.6) is 0 Å². The first-order valence-corrected chi connectivity index (χ1v) is 19.5. The minimum atomic E-state index is -2.20. The van der Waals surface area contributed by atoms with Crippen molar-refractivity contribution in [1.82, 2.24) is 31.9 Å². The lowest BCUT2D eigenvalue weighted by molar-refractivity contribution is -0.152. The molecule has 0 aromatic rings. The highest BCUT2D eigenvalue weighted by molar-refractivity contribution is 7.80. The molecule has 0 spiro atoms. The molecule has 57 heavy (non-hydrogen) atoms. The van der Waals surface area contributed by atoms with Crippen molar-refractivity contribution >= 4 is 71.9 Å². The monoisotopic (exact) mass is 830 g/mol. The molecule has 8 atom stereocenters. The fraction of sp³-hybridized carbons (Fsp3) is 0.722. The van der Waals surface area contributed by atoms with Gasteiger partial charge in [0, 0.05) is 12.7 Å². The van der Waals surface area contributed by atoms with Gasteiger partial charge in [0.1, 0.15) is 36.3 Å². The molecule has 1 saturated carbocycles. The number of thiol groups is 1. The first-order chi connectivity index (χ1) is 26.6. The number of rotatable bonds is 25. The van der Waals surface area contributed by atoms with Crippen LogP contribution in [0.4, 0.5) is 0 Å². The van der Waals surface area contributed by atoms with Crippen LogP contribution in [0.15, 0.2) is 0 Å². The van der Waals surface area contributed by atoms with Gasteiger partial charge in [-0.1, -0.05) is 66.2 Å². The molecule has 322 valence electrons. The smallest absolute Gasteiger partial charge is 0.327 e. The number of hydrogen-bond donors (Lipinski definition) is 11. The van der Waals surface area contributed by atoms with Crippen molar-refractivity contribution in [3.8, 4) is 0 Å². The molecule has 20 nitrogen and oxygen atoms in total. The maximum Gasteiger partial charge on any atom is 0.327 e. The number of hydrogen-bond acceptors (Lipinski definition) is 11. The largest absolute Gasteiger partial charge is 0.481 e. The van der Waals surface area contributed by atoms with Crippen LogP contribution in [0.1, 0.15) is 98.8 Å². The van der Waals surface area contributed by atoms with Crippen LogP contribution < -0.4 is 31.9 Å². The summed E-state index contributed by atoms with van der Waals surface area (Å²) in [5, 5.41) is 52.2. The lowest BCUT2D eigenvalue weighted by Gasteiger charge is -2.31. The highest BCUT2D eigenvalue weighted by Gasteiger charge is 2.41. The molecule has 0 bridgehead atoms. The van der Waals surface area contributed by atoms with Crippen LogP contribution in [0.2, 0.25) is 0 Å². The van der Waals surface area contributed by atoms with Gasteiger partial charge in [-0.15, -0.1) is 0 Å². The Morgan fingerprint density at radius 3 is 1.56 bits per heavy atom. The van der Waals surface area contributed by atoms with Crippen molar-refractivity contribution < 1.29 is 68.4 Å². The Hall–Kier alpha value is -4.95. The molecule has 6 amide bonds. The molecule has 0 heterocycles. The third-order valence-corrected chi connectivity index (χ3v) is 9.99.